The van der Waals surface area contributed by atoms with Crippen LogP contribution in [-0.2, 0) is 6.18 Å². The number of halogens is 3. The molecule has 1 heterocycles. The third-order valence-corrected chi connectivity index (χ3v) is 3.67. The van der Waals surface area contributed by atoms with Gasteiger partial charge < -0.3 is 14.8 Å². The number of hydrogen-bond donors (Lipinski definition) is 2. The van der Waals surface area contributed by atoms with E-state index in [2.05, 4.69) is 30.9 Å². The largest absolute Gasteiger partial charge is 0.496 e. The molecule has 2 aromatic rings. The lowest BCUT2D eigenvalue weighted by Crippen LogP contribution is -2.19. The second-order valence-corrected chi connectivity index (χ2v) is 5.38. The number of anilines is 2. The maximum absolute atomic E-state index is 12.5. The zero-order chi connectivity index (χ0) is 19.3. The van der Waals surface area contributed by atoms with Gasteiger partial charge in [-0.15, -0.1) is 10.2 Å². The molecule has 0 unspecified atom stereocenters. The van der Waals surface area contributed by atoms with Crippen molar-refractivity contribution in [3.63, 3.8) is 0 Å². The molecule has 0 aliphatic rings. The topological polar surface area (TPSA) is 134 Å². The third-order valence-electron chi connectivity index (χ3n) is 2.79. The molecule has 0 spiro atoms. The van der Waals surface area contributed by atoms with Gasteiger partial charge in [-0.25, -0.2) is 4.79 Å². The molecular formula is C12H10F3N7O3S. The lowest BCUT2D eigenvalue weighted by Gasteiger charge is -2.13. The van der Waals surface area contributed by atoms with Crippen molar-refractivity contribution in [3.8, 4) is 11.5 Å². The van der Waals surface area contributed by atoms with Crippen molar-refractivity contribution >= 4 is 33.9 Å². The first-order valence-electron chi connectivity index (χ1n) is 6.58. The monoisotopic (exact) mass is 389 g/mol. The summed E-state index contributed by atoms with van der Waals surface area (Å²) in [7, 11) is 2.67. The zero-order valence-corrected chi connectivity index (χ0v) is 14.0. The Bertz CT molecular complexity index is 864. The summed E-state index contributed by atoms with van der Waals surface area (Å²) in [6.45, 7) is 0. The van der Waals surface area contributed by atoms with Crippen LogP contribution in [0.5, 0.6) is 11.5 Å². The molecule has 0 radical (unpaired) electrons. The van der Waals surface area contributed by atoms with Gasteiger partial charge in [-0.2, -0.15) is 13.2 Å². The van der Waals surface area contributed by atoms with Gasteiger partial charge in [-0.3, -0.25) is 5.32 Å². The average molecular weight is 389 g/mol. The fourth-order valence-electron chi connectivity index (χ4n) is 1.75. The predicted octanol–water partition coefficient (Wildman–Crippen LogP) is 4.16. The molecule has 10 nitrogen and oxygen atoms in total. The standard InChI is InChI=1S/C12H10F3N7O3S/c1-24-7-4-8(25-2)6(19-22-16)3-5(7)17-10(23)18-11-21-20-9(26-11)12(13,14)15/h3-4H,1-2H3,(H2,17,18,21,23). The van der Waals surface area contributed by atoms with E-state index in [1.807, 2.05) is 0 Å². The number of amides is 2. The van der Waals surface area contributed by atoms with Crippen molar-refractivity contribution in [2.45, 2.75) is 6.18 Å². The third kappa shape index (κ3) is 4.43. The quantitative estimate of drug-likeness (QED) is 0.450. The average Bonchev–Trinajstić information content (AvgIpc) is 3.04. The zero-order valence-electron chi connectivity index (χ0n) is 13.2. The number of benzene rings is 1. The van der Waals surface area contributed by atoms with Crippen molar-refractivity contribution in [3.05, 3.63) is 27.6 Å². The summed E-state index contributed by atoms with van der Waals surface area (Å²) in [4.78, 5) is 14.6. The number of urea groups is 1. The summed E-state index contributed by atoms with van der Waals surface area (Å²) in [5.41, 5.74) is 8.73. The van der Waals surface area contributed by atoms with E-state index in [4.69, 9.17) is 15.0 Å². The van der Waals surface area contributed by atoms with Crippen LogP contribution in [0, 0.1) is 0 Å². The Morgan fingerprint density at radius 3 is 2.46 bits per heavy atom. The van der Waals surface area contributed by atoms with E-state index in [-0.39, 0.29) is 39.3 Å². The van der Waals surface area contributed by atoms with Crippen LogP contribution in [0.4, 0.5) is 34.5 Å². The molecule has 2 N–H and O–H groups in total. The maximum Gasteiger partial charge on any atom is 0.445 e. The van der Waals surface area contributed by atoms with Gasteiger partial charge in [0.05, 0.1) is 25.6 Å². The molecule has 26 heavy (non-hydrogen) atoms. The smallest absolute Gasteiger partial charge is 0.445 e. The van der Waals surface area contributed by atoms with Crippen LogP contribution in [-0.4, -0.2) is 30.4 Å². The van der Waals surface area contributed by atoms with Gasteiger partial charge in [0, 0.05) is 11.0 Å². The normalized spacial score (nSPS) is 10.7. The number of aromatic nitrogens is 2. The Labute approximate surface area is 147 Å². The Kier molecular flexibility index (Phi) is 5.69. The van der Waals surface area contributed by atoms with Crippen LogP contribution in [0.25, 0.3) is 10.4 Å². The summed E-state index contributed by atoms with van der Waals surface area (Å²) < 4.78 is 47.6. The number of nitrogens with one attached hydrogen (secondary N) is 2. The van der Waals surface area contributed by atoms with Crippen LogP contribution in [0.15, 0.2) is 17.2 Å². The minimum absolute atomic E-state index is 0.0707. The number of methoxy groups -OCH3 is 2. The molecule has 0 fully saturated rings. The number of hydrogen-bond acceptors (Lipinski definition) is 7. The van der Waals surface area contributed by atoms with Crippen molar-refractivity contribution in [1.82, 2.24) is 10.2 Å². The molecular weight excluding hydrogens is 379 g/mol. The lowest BCUT2D eigenvalue weighted by atomic mass is 10.2. The molecule has 0 saturated heterocycles. The molecule has 0 atom stereocenters. The second-order valence-electron chi connectivity index (χ2n) is 4.40. The number of carbonyl (C=O) groups is 1. The summed E-state index contributed by atoms with van der Waals surface area (Å²) in [5, 5.41) is 12.5. The van der Waals surface area contributed by atoms with Gasteiger partial charge >= 0.3 is 12.2 Å². The van der Waals surface area contributed by atoms with Crippen molar-refractivity contribution in [2.24, 2.45) is 5.11 Å². The van der Waals surface area contributed by atoms with E-state index in [9.17, 15) is 18.0 Å². The van der Waals surface area contributed by atoms with Gasteiger partial charge in [-0.05, 0) is 11.6 Å². The van der Waals surface area contributed by atoms with E-state index < -0.39 is 17.2 Å². The van der Waals surface area contributed by atoms with Gasteiger partial charge in [0.2, 0.25) is 10.1 Å². The first-order chi connectivity index (χ1) is 12.3. The van der Waals surface area contributed by atoms with Gasteiger partial charge in [0.15, 0.2) is 0 Å². The summed E-state index contributed by atoms with van der Waals surface area (Å²) >= 11 is 0.169. The predicted molar refractivity (Wildman–Crippen MR) is 85.9 cm³/mol. The number of carbonyl (C=O) groups excluding carboxylic acids is 1. The van der Waals surface area contributed by atoms with Crippen LogP contribution < -0.4 is 20.1 Å². The van der Waals surface area contributed by atoms with Crippen molar-refractivity contribution in [1.29, 1.82) is 0 Å². The van der Waals surface area contributed by atoms with Crippen LogP contribution >= 0.6 is 11.3 Å². The number of nitrogens with zero attached hydrogens (tertiary/aromatic N) is 5. The SMILES string of the molecule is COc1cc(OC)c(NC(=O)Nc2nnc(C(F)(F)F)s2)cc1N=[N+]=[N-]. The first-order valence-corrected chi connectivity index (χ1v) is 7.40. The number of azide groups is 1. The minimum Gasteiger partial charge on any atom is -0.496 e. The maximum atomic E-state index is 12.5. The molecule has 0 saturated carbocycles. The fourth-order valence-corrected chi connectivity index (χ4v) is 2.35. The van der Waals surface area contributed by atoms with Gasteiger partial charge in [0.25, 0.3) is 0 Å². The van der Waals surface area contributed by atoms with Gasteiger partial charge in [0.1, 0.15) is 11.5 Å². The number of rotatable bonds is 5. The molecule has 2 amide bonds. The molecule has 0 aliphatic carbocycles. The summed E-state index contributed by atoms with van der Waals surface area (Å²) in [6.07, 6.45) is -4.66. The highest BCUT2D eigenvalue weighted by Gasteiger charge is 2.35. The lowest BCUT2D eigenvalue weighted by molar-refractivity contribution is -0.138. The van der Waals surface area contributed by atoms with E-state index in [1.54, 1.807) is 0 Å². The number of ether oxygens (including phenoxy) is 2. The van der Waals surface area contributed by atoms with Crippen molar-refractivity contribution < 1.29 is 27.4 Å². The van der Waals surface area contributed by atoms with Crippen molar-refractivity contribution in [2.75, 3.05) is 24.9 Å². The molecule has 1 aromatic carbocycles. The van der Waals surface area contributed by atoms with Gasteiger partial charge in [-0.1, -0.05) is 16.5 Å². The highest BCUT2D eigenvalue weighted by Crippen LogP contribution is 2.38. The highest BCUT2D eigenvalue weighted by atomic mass is 32.1. The molecule has 0 aliphatic heterocycles. The molecule has 0 bridgehead atoms. The highest BCUT2D eigenvalue weighted by molar-refractivity contribution is 7.15. The summed E-state index contributed by atoms with van der Waals surface area (Å²) in [5.74, 6) is 0.367. The van der Waals surface area contributed by atoms with Crippen LogP contribution in [0.1, 0.15) is 5.01 Å². The first kappa shape index (κ1) is 19.1. The van der Waals surface area contributed by atoms with Crippen LogP contribution in [0.3, 0.4) is 0 Å². The fraction of sp³-hybridized carbons (Fsp3) is 0.250. The Balaban J connectivity index is 2.21. The summed E-state index contributed by atoms with van der Waals surface area (Å²) in [6, 6.07) is 1.75. The van der Waals surface area contributed by atoms with Crippen LogP contribution in [0.2, 0.25) is 0 Å². The molecule has 2 rings (SSSR count). The van der Waals surface area contributed by atoms with E-state index in [0.717, 1.165) is 0 Å². The Hall–Kier alpha value is -3.25. The van der Waals surface area contributed by atoms with E-state index in [0.29, 0.717) is 0 Å². The molecule has 14 heteroatoms. The number of alkyl halides is 3. The Morgan fingerprint density at radius 1 is 1.23 bits per heavy atom. The molecule has 138 valence electrons. The Morgan fingerprint density at radius 2 is 1.92 bits per heavy atom. The van der Waals surface area contributed by atoms with E-state index >= 15 is 0 Å². The minimum atomic E-state index is -4.66. The molecule has 1 aromatic heterocycles. The second kappa shape index (κ2) is 7.76. The van der Waals surface area contributed by atoms with E-state index in [1.165, 1.54) is 26.4 Å².